The van der Waals surface area contributed by atoms with E-state index in [4.69, 9.17) is 5.11 Å². The van der Waals surface area contributed by atoms with Crippen molar-refractivity contribution in [2.75, 3.05) is 0 Å². The molecule has 0 unspecified atom stereocenters. The van der Waals surface area contributed by atoms with Crippen LogP contribution in [0.5, 0.6) is 5.75 Å². The van der Waals surface area contributed by atoms with Crippen LogP contribution in [0.15, 0.2) is 66.9 Å². The first-order chi connectivity index (χ1) is 10.6. The van der Waals surface area contributed by atoms with Crippen LogP contribution in [-0.2, 0) is 0 Å². The number of hydrogen-bond acceptors (Lipinski definition) is 2. The van der Waals surface area contributed by atoms with Gasteiger partial charge in [0.15, 0.2) is 0 Å². The Morgan fingerprint density at radius 3 is 2.18 bits per heavy atom. The van der Waals surface area contributed by atoms with Gasteiger partial charge in [-0.1, -0.05) is 42.0 Å². The molecule has 0 atom stereocenters. The second kappa shape index (κ2) is 7.46. The highest BCUT2D eigenvalue weighted by Gasteiger charge is 2.03. The topological polar surface area (TPSA) is 38.0 Å². The van der Waals surface area contributed by atoms with Gasteiger partial charge in [-0.05, 0) is 45.0 Å². The van der Waals surface area contributed by atoms with E-state index >= 15 is 0 Å². The number of aromatic nitrogens is 2. The van der Waals surface area contributed by atoms with Gasteiger partial charge in [0, 0.05) is 17.8 Å². The Balaban J connectivity index is 0.000000211. The van der Waals surface area contributed by atoms with Gasteiger partial charge in [-0.3, -0.25) is 4.68 Å². The van der Waals surface area contributed by atoms with Crippen molar-refractivity contribution in [1.82, 2.24) is 9.78 Å². The molecule has 114 valence electrons. The Morgan fingerprint density at radius 2 is 1.68 bits per heavy atom. The highest BCUT2D eigenvalue weighted by Crippen LogP contribution is 2.19. The van der Waals surface area contributed by atoms with Crippen molar-refractivity contribution in [2.45, 2.75) is 26.8 Å². The fraction of sp³-hybridized carbons (Fsp3) is 0.211. The lowest BCUT2D eigenvalue weighted by Gasteiger charge is -2.04. The van der Waals surface area contributed by atoms with Gasteiger partial charge in [0.25, 0.3) is 0 Å². The molecule has 1 heterocycles. The molecule has 3 aromatic rings. The summed E-state index contributed by atoms with van der Waals surface area (Å²) in [7, 11) is 0. The Bertz CT molecular complexity index is 702. The van der Waals surface area contributed by atoms with Crippen molar-refractivity contribution in [3.05, 3.63) is 72.4 Å². The van der Waals surface area contributed by atoms with Crippen LogP contribution < -0.4 is 0 Å². The van der Waals surface area contributed by atoms with E-state index in [1.807, 2.05) is 16.9 Å². The first-order valence-corrected chi connectivity index (χ1v) is 7.42. The minimum atomic E-state index is 0.322. The summed E-state index contributed by atoms with van der Waals surface area (Å²) < 4.78 is 1.98. The molecule has 0 aliphatic rings. The molecule has 2 aromatic carbocycles. The van der Waals surface area contributed by atoms with Crippen LogP contribution in [0, 0.1) is 6.92 Å². The maximum Gasteiger partial charge on any atom is 0.115 e. The molecule has 0 radical (unpaired) electrons. The fourth-order valence-corrected chi connectivity index (χ4v) is 2.01. The molecule has 0 fully saturated rings. The number of phenols is 1. The van der Waals surface area contributed by atoms with E-state index in [0.717, 1.165) is 5.69 Å². The maximum absolute atomic E-state index is 8.63. The number of aryl methyl sites for hydroxylation is 1. The lowest BCUT2D eigenvalue weighted by molar-refractivity contribution is 0.475. The molecular weight excluding hydrogens is 272 g/mol. The summed E-state index contributed by atoms with van der Waals surface area (Å²) in [6, 6.07) is 19.6. The summed E-state index contributed by atoms with van der Waals surface area (Å²) >= 11 is 0. The summed E-state index contributed by atoms with van der Waals surface area (Å²) in [6.07, 6.45) is 2.03. The van der Waals surface area contributed by atoms with Gasteiger partial charge < -0.3 is 5.11 Å². The zero-order valence-electron chi connectivity index (χ0n) is 13.3. The molecule has 3 nitrogen and oxygen atoms in total. The van der Waals surface area contributed by atoms with Crippen molar-refractivity contribution in [2.24, 2.45) is 0 Å². The van der Waals surface area contributed by atoms with Gasteiger partial charge >= 0.3 is 0 Å². The minimum Gasteiger partial charge on any atom is -0.508 e. The molecule has 0 aliphatic heterocycles. The van der Waals surface area contributed by atoms with Gasteiger partial charge in [0.05, 0.1) is 5.69 Å². The van der Waals surface area contributed by atoms with E-state index in [2.05, 4.69) is 56.2 Å². The van der Waals surface area contributed by atoms with Crippen molar-refractivity contribution in [3.8, 4) is 17.0 Å². The third kappa shape index (κ3) is 4.48. The molecule has 1 aromatic heterocycles. The van der Waals surface area contributed by atoms with Crippen LogP contribution in [0.1, 0.15) is 25.5 Å². The normalized spacial score (nSPS) is 10.2. The zero-order valence-corrected chi connectivity index (χ0v) is 13.3. The molecule has 3 heteroatoms. The molecule has 0 spiro atoms. The number of hydrogen-bond donors (Lipinski definition) is 1. The Hall–Kier alpha value is -2.55. The molecule has 0 amide bonds. The SMILES string of the molecule is Cc1cccc(-c2ccn(C(C)C)n2)c1.Oc1ccccc1. The van der Waals surface area contributed by atoms with Crippen molar-refractivity contribution >= 4 is 0 Å². The average Bonchev–Trinajstić information content (AvgIpc) is 2.99. The molecule has 0 saturated heterocycles. The first kappa shape index (κ1) is 15.8. The van der Waals surface area contributed by atoms with E-state index < -0.39 is 0 Å². The fourth-order valence-electron chi connectivity index (χ4n) is 2.01. The average molecular weight is 294 g/mol. The molecule has 0 aliphatic carbocycles. The highest BCUT2D eigenvalue weighted by molar-refractivity contribution is 5.59. The lowest BCUT2D eigenvalue weighted by Crippen LogP contribution is -2.00. The number of benzene rings is 2. The molecule has 0 bridgehead atoms. The maximum atomic E-state index is 8.63. The van der Waals surface area contributed by atoms with Crippen molar-refractivity contribution in [3.63, 3.8) is 0 Å². The zero-order chi connectivity index (χ0) is 15.9. The van der Waals surface area contributed by atoms with Crippen LogP contribution in [0.25, 0.3) is 11.3 Å². The number of rotatable bonds is 2. The molecule has 22 heavy (non-hydrogen) atoms. The smallest absolute Gasteiger partial charge is 0.115 e. The van der Waals surface area contributed by atoms with Gasteiger partial charge in [0.1, 0.15) is 5.75 Å². The Kier molecular flexibility index (Phi) is 5.37. The molecule has 0 saturated carbocycles. The van der Waals surface area contributed by atoms with Crippen LogP contribution in [0.3, 0.4) is 0 Å². The number of aromatic hydroxyl groups is 1. The van der Waals surface area contributed by atoms with E-state index in [9.17, 15) is 0 Å². The second-order valence-corrected chi connectivity index (χ2v) is 5.48. The van der Waals surface area contributed by atoms with E-state index in [1.165, 1.54) is 11.1 Å². The van der Waals surface area contributed by atoms with Crippen molar-refractivity contribution < 1.29 is 5.11 Å². The third-order valence-corrected chi connectivity index (χ3v) is 3.21. The summed E-state index contributed by atoms with van der Waals surface area (Å²) in [4.78, 5) is 0. The molecular formula is C19H22N2O. The van der Waals surface area contributed by atoms with Crippen LogP contribution in [0.2, 0.25) is 0 Å². The Labute approximate surface area is 131 Å². The van der Waals surface area contributed by atoms with Crippen LogP contribution in [-0.4, -0.2) is 14.9 Å². The standard InChI is InChI=1S/C13H16N2.C6H6O/c1-10(2)15-8-7-13(14-15)12-6-4-5-11(3)9-12;7-6-4-2-1-3-5-6/h4-10H,1-3H3;1-5,7H. The monoisotopic (exact) mass is 294 g/mol. The summed E-state index contributed by atoms with van der Waals surface area (Å²) in [5, 5.41) is 13.2. The van der Waals surface area contributed by atoms with Crippen LogP contribution in [0.4, 0.5) is 0 Å². The van der Waals surface area contributed by atoms with Gasteiger partial charge in [-0.2, -0.15) is 5.10 Å². The number of phenolic OH excluding ortho intramolecular Hbond substituents is 1. The second-order valence-electron chi connectivity index (χ2n) is 5.48. The quantitative estimate of drug-likeness (QED) is 0.735. The summed E-state index contributed by atoms with van der Waals surface area (Å²) in [5.74, 6) is 0.322. The van der Waals surface area contributed by atoms with E-state index in [0.29, 0.717) is 11.8 Å². The lowest BCUT2D eigenvalue weighted by atomic mass is 10.1. The van der Waals surface area contributed by atoms with Crippen LogP contribution >= 0.6 is 0 Å². The van der Waals surface area contributed by atoms with Gasteiger partial charge in [-0.25, -0.2) is 0 Å². The first-order valence-electron chi connectivity index (χ1n) is 7.42. The third-order valence-electron chi connectivity index (χ3n) is 3.21. The van der Waals surface area contributed by atoms with E-state index in [1.54, 1.807) is 24.3 Å². The number of para-hydroxylation sites is 1. The van der Waals surface area contributed by atoms with Gasteiger partial charge in [-0.15, -0.1) is 0 Å². The predicted molar refractivity (Wildman–Crippen MR) is 90.9 cm³/mol. The minimum absolute atomic E-state index is 0.322. The highest BCUT2D eigenvalue weighted by atomic mass is 16.3. The largest absolute Gasteiger partial charge is 0.508 e. The molecule has 3 rings (SSSR count). The predicted octanol–water partition coefficient (Wildman–Crippen LogP) is 4.83. The number of nitrogens with zero attached hydrogens (tertiary/aromatic N) is 2. The Morgan fingerprint density at radius 1 is 0.955 bits per heavy atom. The van der Waals surface area contributed by atoms with Crippen molar-refractivity contribution in [1.29, 1.82) is 0 Å². The van der Waals surface area contributed by atoms with E-state index in [-0.39, 0.29) is 0 Å². The summed E-state index contributed by atoms with van der Waals surface area (Å²) in [5.41, 5.74) is 3.51. The van der Waals surface area contributed by atoms with Gasteiger partial charge in [0.2, 0.25) is 0 Å². The molecule has 1 N–H and O–H groups in total. The summed E-state index contributed by atoms with van der Waals surface area (Å²) in [6.45, 7) is 6.36.